The van der Waals surface area contributed by atoms with Gasteiger partial charge in [0.25, 0.3) is 0 Å². The monoisotopic (exact) mass is 453 g/mol. The quantitative estimate of drug-likeness (QED) is 0.652. The molecule has 3 rings (SSSR count). The molecule has 164 valence electrons. The standard InChI is InChI=1S/C22H29Cl2N3O3/c1-14(2)8-22-26-20(15(3)30-22)10-21(28)25-11-17-13-27(6-7-29-17)12-16-4-5-18(23)19(24)9-16/h4-5,9,14,17H,6-8,10-13H2,1-3H3,(H,25,28)/t17-/m0/s1. The van der Waals surface area contributed by atoms with Crippen molar-refractivity contribution in [1.82, 2.24) is 15.2 Å². The van der Waals surface area contributed by atoms with Crippen LogP contribution >= 0.6 is 23.2 Å². The Kier molecular flexibility index (Phi) is 8.17. The second-order valence-electron chi connectivity index (χ2n) is 8.17. The third-order valence-electron chi connectivity index (χ3n) is 4.99. The van der Waals surface area contributed by atoms with Gasteiger partial charge >= 0.3 is 0 Å². The maximum Gasteiger partial charge on any atom is 0.226 e. The van der Waals surface area contributed by atoms with Crippen LogP contribution in [0, 0.1) is 12.8 Å². The smallest absolute Gasteiger partial charge is 0.226 e. The van der Waals surface area contributed by atoms with Crippen molar-refractivity contribution in [1.29, 1.82) is 0 Å². The number of morpholine rings is 1. The molecule has 1 atom stereocenters. The number of carbonyl (C=O) groups is 1. The molecule has 1 aromatic heterocycles. The van der Waals surface area contributed by atoms with Gasteiger partial charge in [0.2, 0.25) is 5.91 Å². The first-order valence-corrected chi connectivity index (χ1v) is 11.1. The number of rotatable bonds is 8. The van der Waals surface area contributed by atoms with Crippen molar-refractivity contribution in [3.8, 4) is 0 Å². The van der Waals surface area contributed by atoms with E-state index in [1.807, 2.05) is 25.1 Å². The van der Waals surface area contributed by atoms with E-state index < -0.39 is 0 Å². The fourth-order valence-electron chi connectivity index (χ4n) is 3.47. The van der Waals surface area contributed by atoms with E-state index in [0.717, 1.165) is 31.6 Å². The number of hydrogen-bond acceptors (Lipinski definition) is 5. The Morgan fingerprint density at radius 1 is 1.33 bits per heavy atom. The summed E-state index contributed by atoms with van der Waals surface area (Å²) in [7, 11) is 0. The fourth-order valence-corrected chi connectivity index (χ4v) is 3.79. The predicted octanol–water partition coefficient (Wildman–Crippen LogP) is 4.05. The first kappa shape index (κ1) is 23.1. The van der Waals surface area contributed by atoms with Crippen LogP contribution in [0.3, 0.4) is 0 Å². The normalized spacial score (nSPS) is 17.5. The Balaban J connectivity index is 1.46. The van der Waals surface area contributed by atoms with E-state index in [2.05, 4.69) is 29.0 Å². The lowest BCUT2D eigenvalue weighted by atomic mass is 10.1. The van der Waals surface area contributed by atoms with Crippen LogP contribution in [-0.4, -0.2) is 48.1 Å². The fraction of sp³-hybridized carbons (Fsp3) is 0.545. The van der Waals surface area contributed by atoms with Gasteiger partial charge in [-0.3, -0.25) is 9.69 Å². The van der Waals surface area contributed by atoms with Gasteiger partial charge in [0.05, 0.1) is 34.9 Å². The molecule has 0 unspecified atom stereocenters. The first-order valence-electron chi connectivity index (χ1n) is 10.3. The van der Waals surface area contributed by atoms with Crippen molar-refractivity contribution < 1.29 is 13.9 Å². The van der Waals surface area contributed by atoms with Gasteiger partial charge in [-0.25, -0.2) is 4.98 Å². The zero-order valence-corrected chi connectivity index (χ0v) is 19.2. The third-order valence-corrected chi connectivity index (χ3v) is 5.73. The molecule has 0 spiro atoms. The minimum absolute atomic E-state index is 0.0552. The molecule has 0 bridgehead atoms. The number of benzene rings is 1. The molecule has 1 saturated heterocycles. The molecule has 1 aliphatic heterocycles. The molecule has 1 N–H and O–H groups in total. The molecule has 8 heteroatoms. The van der Waals surface area contributed by atoms with E-state index in [1.54, 1.807) is 0 Å². The van der Waals surface area contributed by atoms with Crippen molar-refractivity contribution in [2.45, 2.75) is 46.3 Å². The minimum Gasteiger partial charge on any atom is -0.446 e. The summed E-state index contributed by atoms with van der Waals surface area (Å²) < 4.78 is 11.5. The molecule has 1 amide bonds. The summed E-state index contributed by atoms with van der Waals surface area (Å²) in [6.07, 6.45) is 0.931. The van der Waals surface area contributed by atoms with E-state index in [4.69, 9.17) is 32.4 Å². The summed E-state index contributed by atoms with van der Waals surface area (Å²) >= 11 is 12.1. The van der Waals surface area contributed by atoms with Gasteiger partial charge in [-0.15, -0.1) is 0 Å². The second kappa shape index (κ2) is 10.6. The highest BCUT2D eigenvalue weighted by molar-refractivity contribution is 6.42. The zero-order valence-electron chi connectivity index (χ0n) is 17.7. The average molecular weight is 454 g/mol. The summed E-state index contributed by atoms with van der Waals surface area (Å²) in [6.45, 7) is 9.51. The van der Waals surface area contributed by atoms with E-state index in [-0.39, 0.29) is 18.4 Å². The number of amides is 1. The number of hydrogen-bond donors (Lipinski definition) is 1. The SMILES string of the molecule is Cc1oc(CC(C)C)nc1CC(=O)NC[C@H]1CN(Cc2ccc(Cl)c(Cl)c2)CCO1. The van der Waals surface area contributed by atoms with E-state index in [1.165, 1.54) is 0 Å². The summed E-state index contributed by atoms with van der Waals surface area (Å²) in [6, 6.07) is 5.69. The maximum absolute atomic E-state index is 12.4. The Hall–Kier alpha value is -1.60. The van der Waals surface area contributed by atoms with E-state index in [9.17, 15) is 4.79 Å². The largest absolute Gasteiger partial charge is 0.446 e. The van der Waals surface area contributed by atoms with Crippen LogP contribution in [0.2, 0.25) is 10.0 Å². The van der Waals surface area contributed by atoms with Gasteiger partial charge in [0, 0.05) is 32.6 Å². The molecule has 0 radical (unpaired) electrons. The van der Waals surface area contributed by atoms with Crippen LogP contribution in [-0.2, 0) is 28.9 Å². The molecule has 1 aliphatic rings. The highest BCUT2D eigenvalue weighted by Crippen LogP contribution is 2.23. The first-order chi connectivity index (χ1) is 14.3. The Labute approximate surface area is 187 Å². The number of oxazole rings is 1. The van der Waals surface area contributed by atoms with Gasteiger partial charge in [0.15, 0.2) is 5.89 Å². The van der Waals surface area contributed by atoms with Crippen molar-refractivity contribution in [2.24, 2.45) is 5.92 Å². The summed E-state index contributed by atoms with van der Waals surface area (Å²) in [5.41, 5.74) is 1.81. The van der Waals surface area contributed by atoms with Crippen LogP contribution in [0.5, 0.6) is 0 Å². The van der Waals surface area contributed by atoms with Gasteiger partial charge in [-0.05, 0) is 30.5 Å². The van der Waals surface area contributed by atoms with Crippen LogP contribution in [0.25, 0.3) is 0 Å². The lowest BCUT2D eigenvalue weighted by Gasteiger charge is -2.33. The van der Waals surface area contributed by atoms with Crippen LogP contribution in [0.1, 0.15) is 36.8 Å². The molecule has 6 nitrogen and oxygen atoms in total. The Bertz CT molecular complexity index is 869. The van der Waals surface area contributed by atoms with Crippen molar-refractivity contribution in [3.05, 3.63) is 51.2 Å². The summed E-state index contributed by atoms with van der Waals surface area (Å²) in [4.78, 5) is 19.2. The topological polar surface area (TPSA) is 67.6 Å². The van der Waals surface area contributed by atoms with Crippen molar-refractivity contribution in [2.75, 3.05) is 26.2 Å². The van der Waals surface area contributed by atoms with Gasteiger partial charge < -0.3 is 14.5 Å². The molecule has 0 aliphatic carbocycles. The third kappa shape index (κ3) is 6.71. The van der Waals surface area contributed by atoms with Crippen LogP contribution in [0.4, 0.5) is 0 Å². The highest BCUT2D eigenvalue weighted by atomic mass is 35.5. The lowest BCUT2D eigenvalue weighted by Crippen LogP contribution is -2.47. The number of halogens is 2. The second-order valence-corrected chi connectivity index (χ2v) is 8.98. The Morgan fingerprint density at radius 2 is 2.13 bits per heavy atom. The van der Waals surface area contributed by atoms with Crippen LogP contribution < -0.4 is 5.32 Å². The number of nitrogens with zero attached hydrogens (tertiary/aromatic N) is 2. The summed E-state index contributed by atoms with van der Waals surface area (Å²) in [5.74, 6) is 1.79. The van der Waals surface area contributed by atoms with E-state index >= 15 is 0 Å². The number of carbonyl (C=O) groups excluding carboxylic acids is 1. The average Bonchev–Trinajstić information content (AvgIpc) is 3.01. The molecular formula is C22H29Cl2N3O3. The lowest BCUT2D eigenvalue weighted by molar-refractivity contribution is -0.121. The molecule has 0 saturated carbocycles. The number of ether oxygens (including phenoxy) is 1. The number of nitrogens with one attached hydrogen (secondary N) is 1. The zero-order chi connectivity index (χ0) is 21.7. The molecular weight excluding hydrogens is 425 g/mol. The van der Waals surface area contributed by atoms with Gasteiger partial charge in [-0.1, -0.05) is 43.1 Å². The molecule has 2 aromatic rings. The molecule has 1 aromatic carbocycles. The van der Waals surface area contributed by atoms with Crippen molar-refractivity contribution in [3.63, 3.8) is 0 Å². The minimum atomic E-state index is -0.0762. The predicted molar refractivity (Wildman–Crippen MR) is 118 cm³/mol. The number of aromatic nitrogens is 1. The van der Waals surface area contributed by atoms with E-state index in [0.29, 0.717) is 46.5 Å². The highest BCUT2D eigenvalue weighted by Gasteiger charge is 2.22. The number of aryl methyl sites for hydroxylation is 1. The van der Waals surface area contributed by atoms with Gasteiger partial charge in [0.1, 0.15) is 5.76 Å². The molecule has 30 heavy (non-hydrogen) atoms. The van der Waals surface area contributed by atoms with Crippen LogP contribution in [0.15, 0.2) is 22.6 Å². The summed E-state index contributed by atoms with van der Waals surface area (Å²) in [5, 5.41) is 4.09. The van der Waals surface area contributed by atoms with Gasteiger partial charge in [-0.2, -0.15) is 0 Å². The van der Waals surface area contributed by atoms with Crippen molar-refractivity contribution >= 4 is 29.1 Å². The molecule has 2 heterocycles. The maximum atomic E-state index is 12.4. The Morgan fingerprint density at radius 3 is 2.87 bits per heavy atom. The molecule has 1 fully saturated rings.